The summed E-state index contributed by atoms with van der Waals surface area (Å²) in [5, 5.41) is 0. The molecule has 100 valence electrons. The van der Waals surface area contributed by atoms with Crippen molar-refractivity contribution >= 4 is 5.91 Å². The van der Waals surface area contributed by atoms with Gasteiger partial charge < -0.3 is 4.90 Å². The Bertz CT molecular complexity index is 331. The van der Waals surface area contributed by atoms with Crippen LogP contribution in [-0.4, -0.2) is 47.4 Å². The fraction of sp³-hybridized carbons (Fsp3) is 0.800. The number of fused-ring (bicyclic) bond motifs is 2. The summed E-state index contributed by atoms with van der Waals surface area (Å²) in [6, 6.07) is 1.18. The van der Waals surface area contributed by atoms with E-state index < -0.39 is 0 Å². The summed E-state index contributed by atoms with van der Waals surface area (Å²) < 4.78 is 0. The second kappa shape index (κ2) is 5.43. The molecule has 0 saturated carbocycles. The van der Waals surface area contributed by atoms with Crippen LogP contribution in [0, 0.1) is 0 Å². The highest BCUT2D eigenvalue weighted by Crippen LogP contribution is 2.31. The molecular formula is C15H24N2O. The molecule has 1 amide bonds. The lowest BCUT2D eigenvalue weighted by Crippen LogP contribution is -2.46. The number of nitrogens with zero attached hydrogens (tertiary/aromatic N) is 2. The molecule has 3 aliphatic heterocycles. The average Bonchev–Trinajstić information content (AvgIpc) is 2.66. The number of carbonyl (C=O) groups is 1. The van der Waals surface area contributed by atoms with Crippen molar-refractivity contribution in [2.24, 2.45) is 0 Å². The zero-order valence-electron chi connectivity index (χ0n) is 11.2. The monoisotopic (exact) mass is 248 g/mol. The van der Waals surface area contributed by atoms with E-state index in [1.165, 1.54) is 38.5 Å². The molecule has 0 N–H and O–H groups in total. The Labute approximate surface area is 110 Å². The van der Waals surface area contributed by atoms with Crippen molar-refractivity contribution in [1.82, 2.24) is 9.80 Å². The van der Waals surface area contributed by atoms with Crippen molar-refractivity contribution in [3.8, 4) is 0 Å². The van der Waals surface area contributed by atoms with Gasteiger partial charge in [0.25, 0.3) is 0 Å². The number of hydrogen-bond acceptors (Lipinski definition) is 2. The molecule has 2 saturated heterocycles. The predicted molar refractivity (Wildman–Crippen MR) is 72.3 cm³/mol. The summed E-state index contributed by atoms with van der Waals surface area (Å²) >= 11 is 0. The largest absolute Gasteiger partial charge is 0.342 e. The summed E-state index contributed by atoms with van der Waals surface area (Å²) in [6.45, 7) is 2.62. The van der Waals surface area contributed by atoms with Crippen LogP contribution in [0.1, 0.15) is 44.9 Å². The van der Waals surface area contributed by atoms with Crippen LogP contribution < -0.4 is 0 Å². The highest BCUT2D eigenvalue weighted by molar-refractivity contribution is 5.78. The number of carbonyl (C=O) groups excluding carboxylic acids is 1. The van der Waals surface area contributed by atoms with E-state index in [0.29, 0.717) is 24.5 Å². The minimum atomic E-state index is 0.365. The highest BCUT2D eigenvalue weighted by Gasteiger charge is 2.35. The van der Waals surface area contributed by atoms with E-state index in [1.807, 2.05) is 0 Å². The first kappa shape index (κ1) is 12.2. The molecule has 2 unspecified atom stereocenters. The van der Waals surface area contributed by atoms with Gasteiger partial charge in [-0.2, -0.15) is 0 Å². The van der Waals surface area contributed by atoms with Gasteiger partial charge in [-0.3, -0.25) is 9.69 Å². The van der Waals surface area contributed by atoms with Crippen LogP contribution in [0.3, 0.4) is 0 Å². The van der Waals surface area contributed by atoms with Gasteiger partial charge >= 0.3 is 0 Å². The average molecular weight is 248 g/mol. The zero-order valence-corrected chi connectivity index (χ0v) is 11.2. The lowest BCUT2D eigenvalue weighted by Gasteiger charge is -2.32. The fourth-order valence-corrected chi connectivity index (χ4v) is 3.64. The molecule has 2 atom stereocenters. The van der Waals surface area contributed by atoms with Gasteiger partial charge in [0, 0.05) is 25.2 Å². The van der Waals surface area contributed by atoms with Crippen LogP contribution in [0.2, 0.25) is 0 Å². The molecule has 0 spiro atoms. The molecule has 0 aromatic carbocycles. The molecule has 3 rings (SSSR count). The second-order valence-corrected chi connectivity index (χ2v) is 5.93. The number of rotatable bonds is 2. The first-order valence-corrected chi connectivity index (χ1v) is 7.55. The van der Waals surface area contributed by atoms with Crippen molar-refractivity contribution < 1.29 is 4.79 Å². The van der Waals surface area contributed by atoms with E-state index in [-0.39, 0.29) is 0 Å². The third kappa shape index (κ3) is 2.46. The Morgan fingerprint density at radius 2 is 1.89 bits per heavy atom. The molecule has 18 heavy (non-hydrogen) atoms. The van der Waals surface area contributed by atoms with Crippen molar-refractivity contribution in [3.05, 3.63) is 12.2 Å². The maximum absolute atomic E-state index is 12.4. The van der Waals surface area contributed by atoms with E-state index in [4.69, 9.17) is 0 Å². The second-order valence-electron chi connectivity index (χ2n) is 5.93. The summed E-state index contributed by atoms with van der Waals surface area (Å²) in [5.41, 5.74) is 0. The smallest absolute Gasteiger partial charge is 0.236 e. The van der Waals surface area contributed by atoms with Gasteiger partial charge in [0.2, 0.25) is 5.91 Å². The van der Waals surface area contributed by atoms with Gasteiger partial charge in [-0.1, -0.05) is 25.0 Å². The van der Waals surface area contributed by atoms with E-state index in [1.54, 1.807) is 0 Å². The molecule has 0 aliphatic carbocycles. The third-order valence-electron chi connectivity index (χ3n) is 4.73. The Hall–Kier alpha value is -0.830. The van der Waals surface area contributed by atoms with E-state index in [2.05, 4.69) is 22.0 Å². The topological polar surface area (TPSA) is 23.6 Å². The van der Waals surface area contributed by atoms with Gasteiger partial charge in [-0.15, -0.1) is 0 Å². The van der Waals surface area contributed by atoms with Gasteiger partial charge in [0.05, 0.1) is 6.54 Å². The zero-order chi connectivity index (χ0) is 12.4. The lowest BCUT2D eigenvalue weighted by molar-refractivity contribution is -0.133. The van der Waals surface area contributed by atoms with E-state index >= 15 is 0 Å². The lowest BCUT2D eigenvalue weighted by atomic mass is 10.1. The van der Waals surface area contributed by atoms with Gasteiger partial charge in [0.15, 0.2) is 0 Å². The van der Waals surface area contributed by atoms with E-state index in [9.17, 15) is 4.79 Å². The van der Waals surface area contributed by atoms with E-state index in [0.717, 1.165) is 19.5 Å². The summed E-state index contributed by atoms with van der Waals surface area (Å²) in [4.78, 5) is 16.9. The number of likely N-dealkylation sites (tertiary alicyclic amines) is 1. The molecule has 0 radical (unpaired) electrons. The number of hydrogen-bond donors (Lipinski definition) is 0. The maximum atomic E-state index is 12.4. The first-order chi connectivity index (χ1) is 8.84. The van der Waals surface area contributed by atoms with Gasteiger partial charge in [-0.25, -0.2) is 0 Å². The van der Waals surface area contributed by atoms with Crippen LogP contribution in [0.4, 0.5) is 0 Å². The summed E-state index contributed by atoms with van der Waals surface area (Å²) in [5.74, 6) is 0.365. The standard InChI is InChI=1S/C15H24N2O/c18-15(16-10-3-1-2-4-11-16)12-17-13-6-5-7-14(17)9-8-13/h5-6,13-14H,1-4,7-12H2. The molecular weight excluding hydrogens is 224 g/mol. The van der Waals surface area contributed by atoms with Crippen LogP contribution >= 0.6 is 0 Å². The van der Waals surface area contributed by atoms with Crippen molar-refractivity contribution in [3.63, 3.8) is 0 Å². The minimum absolute atomic E-state index is 0.365. The van der Waals surface area contributed by atoms with Gasteiger partial charge in [0.1, 0.15) is 0 Å². The Balaban J connectivity index is 1.58. The van der Waals surface area contributed by atoms with Crippen LogP contribution in [0.5, 0.6) is 0 Å². The maximum Gasteiger partial charge on any atom is 0.236 e. The summed E-state index contributed by atoms with van der Waals surface area (Å²) in [6.07, 6.45) is 13.2. The SMILES string of the molecule is O=C(CN1C2C=CCC1CC2)N1CCCCCC1. The molecule has 3 heterocycles. The number of amides is 1. The van der Waals surface area contributed by atoms with Crippen molar-refractivity contribution in [2.45, 2.75) is 57.0 Å². The van der Waals surface area contributed by atoms with Crippen molar-refractivity contribution in [1.29, 1.82) is 0 Å². The predicted octanol–water partition coefficient (Wildman–Crippen LogP) is 2.18. The van der Waals surface area contributed by atoms with Crippen molar-refractivity contribution in [2.75, 3.05) is 19.6 Å². The molecule has 0 aromatic rings. The van der Waals surface area contributed by atoms with Gasteiger partial charge in [-0.05, 0) is 32.1 Å². The molecule has 0 aromatic heterocycles. The quantitative estimate of drug-likeness (QED) is 0.699. The highest BCUT2D eigenvalue weighted by atomic mass is 16.2. The normalized spacial score (nSPS) is 32.6. The van der Waals surface area contributed by atoms with Crippen LogP contribution in [-0.2, 0) is 4.79 Å². The Kier molecular flexibility index (Phi) is 3.69. The fourth-order valence-electron chi connectivity index (χ4n) is 3.64. The molecule has 2 fully saturated rings. The third-order valence-corrected chi connectivity index (χ3v) is 4.73. The minimum Gasteiger partial charge on any atom is -0.342 e. The molecule has 2 bridgehead atoms. The molecule has 3 heteroatoms. The first-order valence-electron chi connectivity index (χ1n) is 7.55. The summed E-state index contributed by atoms with van der Waals surface area (Å²) in [7, 11) is 0. The Morgan fingerprint density at radius 1 is 1.11 bits per heavy atom. The Morgan fingerprint density at radius 3 is 2.61 bits per heavy atom. The van der Waals surface area contributed by atoms with Crippen LogP contribution in [0.25, 0.3) is 0 Å². The van der Waals surface area contributed by atoms with Crippen LogP contribution in [0.15, 0.2) is 12.2 Å². The molecule has 3 nitrogen and oxygen atoms in total. The molecule has 3 aliphatic rings.